The van der Waals surface area contributed by atoms with E-state index < -0.39 is 5.43 Å². The van der Waals surface area contributed by atoms with E-state index in [9.17, 15) is 4.79 Å². The summed E-state index contributed by atoms with van der Waals surface area (Å²) >= 11 is 5.24. The number of hydrogen-bond donors (Lipinski definition) is 0. The van der Waals surface area contributed by atoms with Crippen molar-refractivity contribution in [2.75, 3.05) is 0 Å². The minimum absolute atomic E-state index is 0.0288. The molecular formula is C11H19ClO2. The molecule has 0 heterocycles. The maximum absolute atomic E-state index is 10.7. The summed E-state index contributed by atoms with van der Waals surface area (Å²) in [7, 11) is 0. The van der Waals surface area contributed by atoms with Crippen molar-refractivity contribution in [1.29, 1.82) is 0 Å². The molecule has 0 aromatic rings. The van der Waals surface area contributed by atoms with Crippen molar-refractivity contribution in [1.82, 2.24) is 0 Å². The molecule has 3 unspecified atom stereocenters. The van der Waals surface area contributed by atoms with Crippen molar-refractivity contribution in [3.63, 3.8) is 0 Å². The van der Waals surface area contributed by atoms with E-state index in [2.05, 4.69) is 20.8 Å². The Balaban J connectivity index is 2.50. The smallest absolute Gasteiger partial charge is 0.404 e. The summed E-state index contributed by atoms with van der Waals surface area (Å²) in [5, 5.41) is 0. The maximum atomic E-state index is 10.7. The first-order valence-electron chi connectivity index (χ1n) is 5.36. The van der Waals surface area contributed by atoms with Crippen LogP contribution >= 0.6 is 11.6 Å². The highest BCUT2D eigenvalue weighted by atomic mass is 35.5. The minimum Gasteiger partial charge on any atom is -0.450 e. The van der Waals surface area contributed by atoms with Crippen LogP contribution in [-0.4, -0.2) is 11.5 Å². The third-order valence-corrected chi connectivity index (χ3v) is 3.44. The Morgan fingerprint density at radius 2 is 2.07 bits per heavy atom. The van der Waals surface area contributed by atoms with Gasteiger partial charge in [0.05, 0.1) is 0 Å². The standard InChI is InChI=1S/C11H19ClO2/c1-7(2)9-5-4-8(3)10(6-9)14-11(12)13/h7-10H,4-6H2,1-3H3. The van der Waals surface area contributed by atoms with Crippen molar-refractivity contribution in [2.24, 2.45) is 17.8 Å². The first kappa shape index (κ1) is 11.8. The lowest BCUT2D eigenvalue weighted by atomic mass is 9.76. The SMILES string of the molecule is CC(C)C1CCC(C)C(OC(=O)Cl)C1. The highest BCUT2D eigenvalue weighted by Gasteiger charge is 2.31. The van der Waals surface area contributed by atoms with E-state index in [0.717, 1.165) is 12.8 Å². The highest BCUT2D eigenvalue weighted by Crippen LogP contribution is 2.35. The zero-order valence-corrected chi connectivity index (χ0v) is 9.88. The Hall–Kier alpha value is -0.240. The molecule has 0 spiro atoms. The Kier molecular flexibility index (Phi) is 4.24. The second-order valence-corrected chi connectivity index (χ2v) is 5.00. The van der Waals surface area contributed by atoms with Gasteiger partial charge in [-0.2, -0.15) is 0 Å². The van der Waals surface area contributed by atoms with Gasteiger partial charge in [-0.05, 0) is 37.0 Å². The van der Waals surface area contributed by atoms with Crippen LogP contribution in [-0.2, 0) is 4.74 Å². The van der Waals surface area contributed by atoms with Crippen LogP contribution < -0.4 is 0 Å². The van der Waals surface area contributed by atoms with E-state index in [1.807, 2.05) is 0 Å². The molecule has 1 saturated carbocycles. The van der Waals surface area contributed by atoms with Crippen molar-refractivity contribution in [3.8, 4) is 0 Å². The summed E-state index contributed by atoms with van der Waals surface area (Å²) in [6.07, 6.45) is 3.38. The molecule has 0 N–H and O–H groups in total. The average Bonchev–Trinajstić information content (AvgIpc) is 2.07. The molecule has 0 saturated heterocycles. The molecule has 3 atom stereocenters. The third kappa shape index (κ3) is 3.16. The lowest BCUT2D eigenvalue weighted by Crippen LogP contribution is -2.32. The summed E-state index contributed by atoms with van der Waals surface area (Å²) in [6, 6.07) is 0. The van der Waals surface area contributed by atoms with Crippen molar-refractivity contribution < 1.29 is 9.53 Å². The van der Waals surface area contributed by atoms with Gasteiger partial charge < -0.3 is 4.74 Å². The van der Waals surface area contributed by atoms with Crippen molar-refractivity contribution in [3.05, 3.63) is 0 Å². The number of halogens is 1. The zero-order valence-electron chi connectivity index (χ0n) is 9.13. The molecule has 0 aliphatic heterocycles. The summed E-state index contributed by atoms with van der Waals surface area (Å²) in [4.78, 5) is 10.7. The molecule has 1 aliphatic rings. The number of carbonyl (C=O) groups is 1. The van der Waals surface area contributed by atoms with Crippen LogP contribution in [0.5, 0.6) is 0 Å². The molecule has 0 bridgehead atoms. The number of carbonyl (C=O) groups excluding carboxylic acids is 1. The first-order chi connectivity index (χ1) is 6.50. The van der Waals surface area contributed by atoms with Gasteiger partial charge in [0.15, 0.2) is 0 Å². The molecule has 3 heteroatoms. The topological polar surface area (TPSA) is 26.3 Å². The predicted molar refractivity (Wildman–Crippen MR) is 57.5 cm³/mol. The Bertz CT molecular complexity index is 203. The van der Waals surface area contributed by atoms with E-state index in [1.54, 1.807) is 0 Å². The van der Waals surface area contributed by atoms with Crippen LogP contribution in [0.15, 0.2) is 0 Å². The Morgan fingerprint density at radius 3 is 2.57 bits per heavy atom. The Morgan fingerprint density at radius 1 is 1.43 bits per heavy atom. The summed E-state index contributed by atoms with van der Waals surface area (Å²) in [5.74, 6) is 1.79. The van der Waals surface area contributed by atoms with Crippen LogP contribution in [0, 0.1) is 17.8 Å². The van der Waals surface area contributed by atoms with Gasteiger partial charge >= 0.3 is 5.43 Å². The molecule has 14 heavy (non-hydrogen) atoms. The molecule has 1 aliphatic carbocycles. The second kappa shape index (κ2) is 5.01. The van der Waals surface area contributed by atoms with E-state index >= 15 is 0 Å². The van der Waals surface area contributed by atoms with E-state index in [-0.39, 0.29) is 6.10 Å². The van der Waals surface area contributed by atoms with Gasteiger partial charge in [0.2, 0.25) is 0 Å². The van der Waals surface area contributed by atoms with Crippen LogP contribution in [0.4, 0.5) is 4.79 Å². The van der Waals surface area contributed by atoms with Gasteiger partial charge in [0.1, 0.15) is 6.10 Å². The Labute approximate surface area is 91.0 Å². The molecule has 0 aromatic carbocycles. The summed E-state index contributed by atoms with van der Waals surface area (Å²) in [5.41, 5.74) is -0.661. The fourth-order valence-electron chi connectivity index (χ4n) is 2.20. The lowest BCUT2D eigenvalue weighted by molar-refractivity contribution is 0.0302. The van der Waals surface area contributed by atoms with Crippen LogP contribution in [0.3, 0.4) is 0 Å². The quantitative estimate of drug-likeness (QED) is 0.659. The fourth-order valence-corrected chi connectivity index (χ4v) is 2.31. The molecule has 0 radical (unpaired) electrons. The van der Waals surface area contributed by atoms with Gasteiger partial charge in [-0.3, -0.25) is 0 Å². The number of rotatable bonds is 2. The van der Waals surface area contributed by atoms with Gasteiger partial charge in [-0.25, -0.2) is 4.79 Å². The van der Waals surface area contributed by atoms with Crippen molar-refractivity contribution in [2.45, 2.75) is 46.1 Å². The fraction of sp³-hybridized carbons (Fsp3) is 0.909. The van der Waals surface area contributed by atoms with Gasteiger partial charge in [0, 0.05) is 11.6 Å². The molecule has 1 rings (SSSR count). The number of hydrogen-bond acceptors (Lipinski definition) is 2. The summed E-state index contributed by atoms with van der Waals surface area (Å²) in [6.45, 7) is 6.57. The molecule has 2 nitrogen and oxygen atoms in total. The molecular weight excluding hydrogens is 200 g/mol. The molecule has 82 valence electrons. The monoisotopic (exact) mass is 218 g/mol. The summed E-state index contributed by atoms with van der Waals surface area (Å²) < 4.78 is 5.11. The predicted octanol–water partition coefficient (Wildman–Crippen LogP) is 3.82. The third-order valence-electron chi connectivity index (χ3n) is 3.35. The van der Waals surface area contributed by atoms with E-state index in [1.165, 1.54) is 6.42 Å². The van der Waals surface area contributed by atoms with Gasteiger partial charge in [0.25, 0.3) is 0 Å². The maximum Gasteiger partial charge on any atom is 0.404 e. The zero-order chi connectivity index (χ0) is 10.7. The number of ether oxygens (including phenoxy) is 1. The first-order valence-corrected chi connectivity index (χ1v) is 5.74. The van der Waals surface area contributed by atoms with Crippen LogP contribution in [0.25, 0.3) is 0 Å². The molecule has 1 fully saturated rings. The van der Waals surface area contributed by atoms with Crippen molar-refractivity contribution >= 4 is 17.0 Å². The van der Waals surface area contributed by atoms with Gasteiger partial charge in [-0.1, -0.05) is 20.8 Å². The second-order valence-electron chi connectivity index (χ2n) is 4.69. The van der Waals surface area contributed by atoms with Gasteiger partial charge in [-0.15, -0.1) is 0 Å². The molecule has 0 aromatic heterocycles. The van der Waals surface area contributed by atoms with E-state index in [0.29, 0.717) is 17.8 Å². The lowest BCUT2D eigenvalue weighted by Gasteiger charge is -2.35. The molecule has 0 amide bonds. The van der Waals surface area contributed by atoms with Crippen LogP contribution in [0.1, 0.15) is 40.0 Å². The largest absolute Gasteiger partial charge is 0.450 e. The van der Waals surface area contributed by atoms with E-state index in [4.69, 9.17) is 16.3 Å². The average molecular weight is 219 g/mol. The minimum atomic E-state index is -0.661. The normalized spacial score (nSPS) is 33.1. The van der Waals surface area contributed by atoms with Crippen LogP contribution in [0.2, 0.25) is 0 Å². The highest BCUT2D eigenvalue weighted by molar-refractivity contribution is 6.61.